The number of carbonyl (C=O) groups is 1. The summed E-state index contributed by atoms with van der Waals surface area (Å²) in [5.41, 5.74) is 1.45. The first-order valence-corrected chi connectivity index (χ1v) is 9.20. The predicted octanol–water partition coefficient (Wildman–Crippen LogP) is 4.05. The lowest BCUT2D eigenvalue weighted by molar-refractivity contribution is -0.117. The number of anilines is 1. The minimum Gasteiger partial charge on any atom is -0.310 e. The van der Waals surface area contributed by atoms with Crippen molar-refractivity contribution < 1.29 is 4.79 Å². The maximum atomic E-state index is 12.2. The number of carbonyl (C=O) groups excluding carboxylic acids is 1. The molecule has 0 spiro atoms. The first-order chi connectivity index (χ1) is 12.8. The van der Waals surface area contributed by atoms with Crippen LogP contribution >= 0.6 is 0 Å². The molecule has 2 aromatic carbocycles. The molecule has 3 aromatic rings. The molecular formula is C22H23N3O. The zero-order chi connectivity index (χ0) is 17.8. The van der Waals surface area contributed by atoms with Gasteiger partial charge in [0.1, 0.15) is 5.82 Å². The fourth-order valence-electron chi connectivity index (χ4n) is 3.83. The summed E-state index contributed by atoms with van der Waals surface area (Å²) in [6.45, 7) is 2.33. The van der Waals surface area contributed by atoms with Crippen LogP contribution in [0.1, 0.15) is 24.3 Å². The molecule has 132 valence electrons. The number of benzene rings is 2. The van der Waals surface area contributed by atoms with E-state index in [0.29, 0.717) is 18.3 Å². The summed E-state index contributed by atoms with van der Waals surface area (Å²) < 4.78 is 0. The Bertz CT molecular complexity index is 881. The topological polar surface area (TPSA) is 45.2 Å². The molecule has 1 aromatic heterocycles. The lowest BCUT2D eigenvalue weighted by atomic mass is 9.86. The summed E-state index contributed by atoms with van der Waals surface area (Å²) in [6, 6.07) is 20.7. The van der Waals surface area contributed by atoms with Gasteiger partial charge in [-0.05, 0) is 60.3 Å². The van der Waals surface area contributed by atoms with E-state index in [1.54, 1.807) is 6.20 Å². The van der Waals surface area contributed by atoms with Crippen LogP contribution in [0.15, 0.2) is 66.9 Å². The van der Waals surface area contributed by atoms with E-state index in [2.05, 4.69) is 57.7 Å². The van der Waals surface area contributed by atoms with Crippen molar-refractivity contribution in [3.63, 3.8) is 0 Å². The monoisotopic (exact) mass is 345 g/mol. The normalized spacial score (nSPS) is 15.8. The van der Waals surface area contributed by atoms with Crippen molar-refractivity contribution in [3.05, 3.63) is 72.4 Å². The van der Waals surface area contributed by atoms with E-state index in [1.807, 2.05) is 18.2 Å². The quantitative estimate of drug-likeness (QED) is 0.776. The van der Waals surface area contributed by atoms with Crippen LogP contribution in [-0.4, -0.2) is 35.4 Å². The number of pyridine rings is 1. The summed E-state index contributed by atoms with van der Waals surface area (Å²) in [7, 11) is 0. The zero-order valence-electron chi connectivity index (χ0n) is 14.8. The van der Waals surface area contributed by atoms with Crippen LogP contribution in [0.2, 0.25) is 0 Å². The summed E-state index contributed by atoms with van der Waals surface area (Å²) in [5.74, 6) is 1.19. The molecule has 1 aliphatic heterocycles. The number of likely N-dealkylation sites (tertiary alicyclic amines) is 1. The van der Waals surface area contributed by atoms with E-state index >= 15 is 0 Å². The number of nitrogens with one attached hydrogen (secondary N) is 1. The van der Waals surface area contributed by atoms with Crippen molar-refractivity contribution >= 4 is 22.5 Å². The number of amides is 1. The Kier molecular flexibility index (Phi) is 4.93. The van der Waals surface area contributed by atoms with Crippen LogP contribution < -0.4 is 5.32 Å². The average molecular weight is 345 g/mol. The molecule has 0 radical (unpaired) electrons. The highest BCUT2D eigenvalue weighted by atomic mass is 16.2. The van der Waals surface area contributed by atoms with Crippen LogP contribution in [0.3, 0.4) is 0 Å². The van der Waals surface area contributed by atoms with Crippen LogP contribution in [0.5, 0.6) is 0 Å². The van der Waals surface area contributed by atoms with Gasteiger partial charge in [-0.15, -0.1) is 0 Å². The Balaban J connectivity index is 1.36. The fourth-order valence-corrected chi connectivity index (χ4v) is 3.83. The summed E-state index contributed by atoms with van der Waals surface area (Å²) in [4.78, 5) is 18.6. The van der Waals surface area contributed by atoms with Gasteiger partial charge in [0.15, 0.2) is 0 Å². The number of aromatic nitrogens is 1. The molecule has 0 aliphatic carbocycles. The molecule has 1 aliphatic rings. The van der Waals surface area contributed by atoms with E-state index in [0.717, 1.165) is 25.9 Å². The summed E-state index contributed by atoms with van der Waals surface area (Å²) >= 11 is 0. The first kappa shape index (κ1) is 16.7. The Morgan fingerprint density at radius 3 is 2.58 bits per heavy atom. The van der Waals surface area contributed by atoms with E-state index in [4.69, 9.17) is 0 Å². The maximum Gasteiger partial charge on any atom is 0.239 e. The number of hydrogen-bond acceptors (Lipinski definition) is 3. The Labute approximate surface area is 153 Å². The van der Waals surface area contributed by atoms with E-state index in [-0.39, 0.29) is 5.91 Å². The van der Waals surface area contributed by atoms with Crippen LogP contribution in [0.4, 0.5) is 5.82 Å². The second-order valence-electron chi connectivity index (χ2n) is 6.88. The molecule has 1 N–H and O–H groups in total. The first-order valence-electron chi connectivity index (χ1n) is 9.20. The Hall–Kier alpha value is -2.72. The van der Waals surface area contributed by atoms with E-state index < -0.39 is 0 Å². The second kappa shape index (κ2) is 7.67. The minimum atomic E-state index is 0.00677. The van der Waals surface area contributed by atoms with Crippen LogP contribution in [0, 0.1) is 0 Å². The van der Waals surface area contributed by atoms with Crippen molar-refractivity contribution in [2.75, 3.05) is 25.0 Å². The molecule has 1 saturated heterocycles. The van der Waals surface area contributed by atoms with E-state index in [1.165, 1.54) is 16.3 Å². The molecule has 4 nitrogen and oxygen atoms in total. The van der Waals surface area contributed by atoms with Crippen LogP contribution in [0.25, 0.3) is 10.8 Å². The largest absolute Gasteiger partial charge is 0.310 e. The molecule has 26 heavy (non-hydrogen) atoms. The van der Waals surface area contributed by atoms with Gasteiger partial charge in [0, 0.05) is 6.20 Å². The van der Waals surface area contributed by atoms with Crippen molar-refractivity contribution in [2.24, 2.45) is 0 Å². The zero-order valence-corrected chi connectivity index (χ0v) is 14.8. The van der Waals surface area contributed by atoms with Gasteiger partial charge < -0.3 is 5.32 Å². The third kappa shape index (κ3) is 3.75. The average Bonchev–Trinajstić information content (AvgIpc) is 2.69. The number of hydrogen-bond donors (Lipinski definition) is 1. The van der Waals surface area contributed by atoms with Gasteiger partial charge in [-0.3, -0.25) is 9.69 Å². The number of fused-ring (bicyclic) bond motifs is 1. The highest BCUT2D eigenvalue weighted by molar-refractivity contribution is 5.91. The SMILES string of the molecule is O=C(CN1CCC(c2cccc3ccccc23)CC1)Nc1ccccn1. The standard InChI is InChI=1S/C22H23N3O/c26-22(24-21-10-3-4-13-23-21)16-25-14-11-18(12-15-25)20-9-5-7-17-6-1-2-8-19(17)20/h1-10,13,18H,11-12,14-16H2,(H,23,24,26). The lowest BCUT2D eigenvalue weighted by Gasteiger charge is -2.32. The Morgan fingerprint density at radius 1 is 1.00 bits per heavy atom. The van der Waals surface area contributed by atoms with Crippen molar-refractivity contribution in [1.29, 1.82) is 0 Å². The second-order valence-corrected chi connectivity index (χ2v) is 6.88. The minimum absolute atomic E-state index is 0.00677. The maximum absolute atomic E-state index is 12.2. The number of nitrogens with zero attached hydrogens (tertiary/aromatic N) is 2. The summed E-state index contributed by atoms with van der Waals surface area (Å²) in [5, 5.41) is 5.53. The fraction of sp³-hybridized carbons (Fsp3) is 0.273. The predicted molar refractivity (Wildman–Crippen MR) is 105 cm³/mol. The van der Waals surface area contributed by atoms with Gasteiger partial charge in [-0.25, -0.2) is 4.98 Å². The summed E-state index contributed by atoms with van der Waals surface area (Å²) in [6.07, 6.45) is 3.86. The third-order valence-corrected chi connectivity index (χ3v) is 5.15. The van der Waals surface area contributed by atoms with Gasteiger partial charge in [-0.2, -0.15) is 0 Å². The molecule has 4 rings (SSSR count). The van der Waals surface area contributed by atoms with Crippen molar-refractivity contribution in [1.82, 2.24) is 9.88 Å². The van der Waals surface area contributed by atoms with Gasteiger partial charge >= 0.3 is 0 Å². The van der Waals surface area contributed by atoms with E-state index in [9.17, 15) is 4.79 Å². The van der Waals surface area contributed by atoms with Crippen LogP contribution in [-0.2, 0) is 4.79 Å². The molecule has 2 heterocycles. The molecule has 0 unspecified atom stereocenters. The van der Waals surface area contributed by atoms with Gasteiger partial charge in [0.25, 0.3) is 0 Å². The van der Waals surface area contributed by atoms with Crippen molar-refractivity contribution in [2.45, 2.75) is 18.8 Å². The smallest absolute Gasteiger partial charge is 0.239 e. The molecule has 1 fully saturated rings. The molecule has 4 heteroatoms. The van der Waals surface area contributed by atoms with Gasteiger partial charge in [-0.1, -0.05) is 48.5 Å². The van der Waals surface area contributed by atoms with Gasteiger partial charge in [0.2, 0.25) is 5.91 Å². The highest BCUT2D eigenvalue weighted by Crippen LogP contribution is 2.32. The molecule has 0 bridgehead atoms. The van der Waals surface area contributed by atoms with Crippen molar-refractivity contribution in [3.8, 4) is 0 Å². The Morgan fingerprint density at radius 2 is 1.77 bits per heavy atom. The molecular weight excluding hydrogens is 322 g/mol. The number of piperidine rings is 1. The number of rotatable bonds is 4. The third-order valence-electron chi connectivity index (χ3n) is 5.15. The molecule has 0 saturated carbocycles. The molecule has 1 amide bonds. The lowest BCUT2D eigenvalue weighted by Crippen LogP contribution is -2.38. The van der Waals surface area contributed by atoms with Gasteiger partial charge in [0.05, 0.1) is 6.54 Å². The highest BCUT2D eigenvalue weighted by Gasteiger charge is 2.23. The molecule has 0 atom stereocenters.